The first-order valence-corrected chi connectivity index (χ1v) is 8.36. The molecule has 0 aromatic heterocycles. The van der Waals surface area contributed by atoms with Gasteiger partial charge in [-0.15, -0.1) is 0 Å². The summed E-state index contributed by atoms with van der Waals surface area (Å²) in [6.07, 6.45) is 5.28. The molecule has 0 aromatic rings. The molecule has 0 aliphatic heterocycles. The lowest BCUT2D eigenvalue weighted by atomic mass is 9.81. The second-order valence-corrected chi connectivity index (χ2v) is 6.87. The molecule has 0 spiro atoms. The first-order valence-electron chi connectivity index (χ1n) is 7.24. The van der Waals surface area contributed by atoms with Gasteiger partial charge in [0.2, 0.25) is 0 Å². The fourth-order valence-corrected chi connectivity index (χ4v) is 3.10. The zero-order valence-electron chi connectivity index (χ0n) is 12.6. The predicted molar refractivity (Wildman–Crippen MR) is 83.0 cm³/mol. The summed E-state index contributed by atoms with van der Waals surface area (Å²) in [5, 5.41) is 1.12. The minimum absolute atomic E-state index is 0.403. The summed E-state index contributed by atoms with van der Waals surface area (Å²) in [5.74, 6) is 0.746. The van der Waals surface area contributed by atoms with E-state index >= 15 is 0 Å². The fourth-order valence-electron chi connectivity index (χ4n) is 1.92. The Kier molecular flexibility index (Phi) is 9.62. The number of hydrogen-bond donors (Lipinski definition) is 0. The van der Waals surface area contributed by atoms with E-state index in [4.69, 9.17) is 0 Å². The summed E-state index contributed by atoms with van der Waals surface area (Å²) < 4.78 is 0. The highest BCUT2D eigenvalue weighted by molar-refractivity contribution is 9.09. The normalized spacial score (nSPS) is 14.3. The van der Waals surface area contributed by atoms with Crippen LogP contribution in [0.25, 0.3) is 0 Å². The maximum Gasteiger partial charge on any atom is 0.00768 e. The molecule has 1 unspecified atom stereocenters. The molecule has 0 saturated carbocycles. The van der Waals surface area contributed by atoms with E-state index in [2.05, 4.69) is 55.4 Å². The Labute approximate surface area is 117 Å². The largest absolute Gasteiger partial charge is 0.303 e. The molecule has 0 radical (unpaired) electrons. The van der Waals surface area contributed by atoms with Gasteiger partial charge in [-0.1, -0.05) is 63.4 Å². The van der Waals surface area contributed by atoms with Crippen LogP contribution < -0.4 is 0 Å². The fraction of sp³-hybridized carbons (Fsp3) is 1.00. The van der Waals surface area contributed by atoms with Gasteiger partial charge in [-0.2, -0.15) is 0 Å². The molecule has 0 fully saturated rings. The van der Waals surface area contributed by atoms with Gasteiger partial charge in [0.05, 0.1) is 0 Å². The van der Waals surface area contributed by atoms with Gasteiger partial charge in [-0.25, -0.2) is 0 Å². The Hall–Kier alpha value is 0.440. The molecule has 104 valence electrons. The smallest absolute Gasteiger partial charge is 0.00768 e. The predicted octanol–water partition coefficient (Wildman–Crippen LogP) is 4.95. The molecule has 2 heteroatoms. The lowest BCUT2D eigenvalue weighted by molar-refractivity contribution is 0.162. The number of alkyl halides is 1. The van der Waals surface area contributed by atoms with Crippen molar-refractivity contribution in [2.24, 2.45) is 11.3 Å². The van der Waals surface area contributed by atoms with Crippen molar-refractivity contribution in [2.75, 3.05) is 25.0 Å². The number of hydrogen-bond acceptors (Lipinski definition) is 1. The van der Waals surface area contributed by atoms with Gasteiger partial charge < -0.3 is 4.90 Å². The Morgan fingerprint density at radius 2 is 1.47 bits per heavy atom. The summed E-state index contributed by atoms with van der Waals surface area (Å²) >= 11 is 3.69. The summed E-state index contributed by atoms with van der Waals surface area (Å²) in [7, 11) is 0. The molecule has 1 atom stereocenters. The highest BCUT2D eigenvalue weighted by Gasteiger charge is 2.25. The SMILES string of the molecule is CCCCN(CCCC)CC(CBr)C(C)(C)C. The van der Waals surface area contributed by atoms with Gasteiger partial charge in [0.1, 0.15) is 0 Å². The summed E-state index contributed by atoms with van der Waals surface area (Å²) in [4.78, 5) is 2.67. The van der Waals surface area contributed by atoms with Gasteiger partial charge in [-0.05, 0) is 37.3 Å². The van der Waals surface area contributed by atoms with Crippen LogP contribution >= 0.6 is 15.9 Å². The second-order valence-electron chi connectivity index (χ2n) is 6.22. The van der Waals surface area contributed by atoms with E-state index in [1.807, 2.05) is 0 Å². The molecule has 0 heterocycles. The van der Waals surface area contributed by atoms with Crippen molar-refractivity contribution >= 4 is 15.9 Å². The molecule has 0 aliphatic carbocycles. The maximum atomic E-state index is 3.69. The zero-order valence-corrected chi connectivity index (χ0v) is 14.1. The van der Waals surface area contributed by atoms with Crippen LogP contribution in [0.2, 0.25) is 0 Å². The van der Waals surface area contributed by atoms with Crippen molar-refractivity contribution in [2.45, 2.75) is 60.3 Å². The number of unbranched alkanes of at least 4 members (excludes halogenated alkanes) is 2. The van der Waals surface area contributed by atoms with Crippen LogP contribution in [-0.2, 0) is 0 Å². The van der Waals surface area contributed by atoms with E-state index < -0.39 is 0 Å². The third kappa shape index (κ3) is 8.20. The van der Waals surface area contributed by atoms with Crippen molar-refractivity contribution in [3.8, 4) is 0 Å². The Balaban J connectivity index is 4.26. The average molecular weight is 306 g/mol. The van der Waals surface area contributed by atoms with Crippen LogP contribution in [0.5, 0.6) is 0 Å². The third-order valence-electron chi connectivity index (χ3n) is 3.55. The van der Waals surface area contributed by atoms with Gasteiger partial charge in [0.15, 0.2) is 0 Å². The summed E-state index contributed by atoms with van der Waals surface area (Å²) in [6, 6.07) is 0. The quantitative estimate of drug-likeness (QED) is 0.545. The Morgan fingerprint density at radius 3 is 1.76 bits per heavy atom. The number of nitrogens with zero attached hydrogens (tertiary/aromatic N) is 1. The molecule has 0 aromatic carbocycles. The first-order chi connectivity index (χ1) is 7.95. The van der Waals surface area contributed by atoms with Gasteiger partial charge in [0, 0.05) is 11.9 Å². The minimum Gasteiger partial charge on any atom is -0.303 e. The molecule has 1 nitrogen and oxygen atoms in total. The lowest BCUT2D eigenvalue weighted by Crippen LogP contribution is -2.37. The molecule has 17 heavy (non-hydrogen) atoms. The van der Waals surface area contributed by atoms with E-state index in [0.717, 1.165) is 11.2 Å². The van der Waals surface area contributed by atoms with Crippen molar-refractivity contribution in [1.29, 1.82) is 0 Å². The van der Waals surface area contributed by atoms with E-state index in [-0.39, 0.29) is 0 Å². The second kappa shape index (κ2) is 9.38. The molecular weight excluding hydrogens is 274 g/mol. The Bertz CT molecular complexity index is 166. The summed E-state index contributed by atoms with van der Waals surface area (Å²) in [5.41, 5.74) is 0.403. The molecule has 0 N–H and O–H groups in total. The number of rotatable bonds is 9. The van der Waals surface area contributed by atoms with Gasteiger partial charge >= 0.3 is 0 Å². The standard InChI is InChI=1S/C15H32BrN/c1-6-8-10-17(11-9-7-2)13-14(12-16)15(3,4)5/h14H,6-13H2,1-5H3. The van der Waals surface area contributed by atoms with Crippen LogP contribution in [0.1, 0.15) is 60.3 Å². The highest BCUT2D eigenvalue weighted by atomic mass is 79.9. The van der Waals surface area contributed by atoms with E-state index in [1.165, 1.54) is 45.3 Å². The van der Waals surface area contributed by atoms with Crippen LogP contribution in [-0.4, -0.2) is 29.9 Å². The molecular formula is C15H32BrN. The van der Waals surface area contributed by atoms with E-state index in [9.17, 15) is 0 Å². The summed E-state index contributed by atoms with van der Waals surface area (Å²) in [6.45, 7) is 15.4. The van der Waals surface area contributed by atoms with Crippen LogP contribution in [0.15, 0.2) is 0 Å². The van der Waals surface area contributed by atoms with E-state index in [0.29, 0.717) is 5.41 Å². The average Bonchev–Trinajstić information content (AvgIpc) is 2.26. The molecule has 0 rings (SSSR count). The van der Waals surface area contributed by atoms with E-state index in [1.54, 1.807) is 0 Å². The van der Waals surface area contributed by atoms with Crippen LogP contribution in [0, 0.1) is 11.3 Å². The first kappa shape index (κ1) is 17.4. The van der Waals surface area contributed by atoms with Gasteiger partial charge in [0.25, 0.3) is 0 Å². The molecule has 0 amide bonds. The lowest BCUT2D eigenvalue weighted by Gasteiger charge is -2.34. The van der Waals surface area contributed by atoms with Crippen molar-refractivity contribution < 1.29 is 0 Å². The van der Waals surface area contributed by atoms with Crippen molar-refractivity contribution in [3.05, 3.63) is 0 Å². The molecule has 0 saturated heterocycles. The monoisotopic (exact) mass is 305 g/mol. The minimum atomic E-state index is 0.403. The topological polar surface area (TPSA) is 3.24 Å². The third-order valence-corrected chi connectivity index (χ3v) is 4.33. The van der Waals surface area contributed by atoms with Crippen LogP contribution in [0.3, 0.4) is 0 Å². The van der Waals surface area contributed by atoms with Crippen LogP contribution in [0.4, 0.5) is 0 Å². The molecule has 0 aliphatic rings. The highest BCUT2D eigenvalue weighted by Crippen LogP contribution is 2.28. The number of halogens is 1. The zero-order chi connectivity index (χ0) is 13.3. The maximum absolute atomic E-state index is 3.69. The Morgan fingerprint density at radius 1 is 1.00 bits per heavy atom. The van der Waals surface area contributed by atoms with Crippen molar-refractivity contribution in [1.82, 2.24) is 4.90 Å². The van der Waals surface area contributed by atoms with Gasteiger partial charge in [-0.3, -0.25) is 0 Å². The molecule has 0 bridgehead atoms. The van der Waals surface area contributed by atoms with Crippen molar-refractivity contribution in [3.63, 3.8) is 0 Å².